The van der Waals surface area contributed by atoms with Crippen LogP contribution in [-0.2, 0) is 10.0 Å². The zero-order chi connectivity index (χ0) is 14.2. The molecule has 2 atom stereocenters. The smallest absolute Gasteiger partial charge is 0.207 e. The van der Waals surface area contributed by atoms with Crippen molar-refractivity contribution in [3.63, 3.8) is 0 Å². The first-order valence-electron chi connectivity index (χ1n) is 6.72. The molecule has 0 aliphatic carbocycles. The summed E-state index contributed by atoms with van der Waals surface area (Å²) in [6.07, 6.45) is 0. The molecular formula is C16H17NO2S. The lowest BCUT2D eigenvalue weighted by Gasteiger charge is -2.45. The summed E-state index contributed by atoms with van der Waals surface area (Å²) in [4.78, 5) is 0.373. The third kappa shape index (κ3) is 2.15. The lowest BCUT2D eigenvalue weighted by Crippen LogP contribution is -2.55. The first kappa shape index (κ1) is 13.3. The molecule has 0 bridgehead atoms. The SMILES string of the molecule is C[C@@H]1[C@H](c2ccccc2)CN1S(=O)(=O)c1ccccc1. The summed E-state index contributed by atoms with van der Waals surface area (Å²) in [5.74, 6) is 0.287. The van der Waals surface area contributed by atoms with E-state index >= 15 is 0 Å². The van der Waals surface area contributed by atoms with Gasteiger partial charge in [-0.25, -0.2) is 8.42 Å². The van der Waals surface area contributed by atoms with Crippen molar-refractivity contribution in [3.05, 3.63) is 66.2 Å². The fourth-order valence-electron chi connectivity index (χ4n) is 2.70. The maximum Gasteiger partial charge on any atom is 0.243 e. The van der Waals surface area contributed by atoms with Crippen molar-refractivity contribution in [3.8, 4) is 0 Å². The molecule has 0 radical (unpaired) electrons. The van der Waals surface area contributed by atoms with E-state index in [2.05, 4.69) is 12.1 Å². The van der Waals surface area contributed by atoms with Crippen LogP contribution in [0.25, 0.3) is 0 Å². The van der Waals surface area contributed by atoms with Crippen LogP contribution in [0.3, 0.4) is 0 Å². The Bertz CT molecular complexity index is 683. The van der Waals surface area contributed by atoms with Gasteiger partial charge in [0.15, 0.2) is 0 Å². The number of hydrogen-bond donors (Lipinski definition) is 0. The zero-order valence-corrected chi connectivity index (χ0v) is 12.1. The van der Waals surface area contributed by atoms with E-state index in [1.54, 1.807) is 28.6 Å². The predicted octanol–water partition coefficient (Wildman–Crippen LogP) is 2.86. The number of rotatable bonds is 3. The van der Waals surface area contributed by atoms with Crippen molar-refractivity contribution in [2.75, 3.05) is 6.54 Å². The van der Waals surface area contributed by atoms with Crippen molar-refractivity contribution >= 4 is 10.0 Å². The van der Waals surface area contributed by atoms with Gasteiger partial charge in [0, 0.05) is 18.5 Å². The highest BCUT2D eigenvalue weighted by atomic mass is 32.2. The standard InChI is InChI=1S/C16H17NO2S/c1-13-16(14-8-4-2-5-9-14)12-17(13)20(18,19)15-10-6-3-7-11-15/h2-11,13,16H,12H2,1H3/t13-,16-/m1/s1. The van der Waals surface area contributed by atoms with Gasteiger partial charge in [0.2, 0.25) is 10.0 Å². The van der Waals surface area contributed by atoms with Gasteiger partial charge >= 0.3 is 0 Å². The summed E-state index contributed by atoms with van der Waals surface area (Å²) in [6, 6.07) is 18.7. The molecule has 20 heavy (non-hydrogen) atoms. The van der Waals surface area contributed by atoms with Crippen molar-refractivity contribution in [2.24, 2.45) is 0 Å². The number of benzene rings is 2. The average Bonchev–Trinajstić information content (AvgIpc) is 2.47. The van der Waals surface area contributed by atoms with Crippen molar-refractivity contribution in [1.29, 1.82) is 0 Å². The number of sulfonamides is 1. The molecule has 0 aromatic heterocycles. The largest absolute Gasteiger partial charge is 0.243 e. The van der Waals surface area contributed by atoms with Crippen LogP contribution in [0.5, 0.6) is 0 Å². The molecule has 0 N–H and O–H groups in total. The lowest BCUT2D eigenvalue weighted by molar-refractivity contribution is 0.175. The maximum atomic E-state index is 12.5. The second-order valence-corrected chi connectivity index (χ2v) is 7.04. The molecule has 0 spiro atoms. The van der Waals surface area contributed by atoms with E-state index < -0.39 is 10.0 Å². The summed E-state index contributed by atoms with van der Waals surface area (Å²) in [5, 5.41) is 0. The number of nitrogens with zero attached hydrogens (tertiary/aromatic N) is 1. The molecule has 0 amide bonds. The molecule has 1 aliphatic heterocycles. The van der Waals surface area contributed by atoms with Gasteiger partial charge in [-0.3, -0.25) is 0 Å². The van der Waals surface area contributed by atoms with Gasteiger partial charge in [-0.05, 0) is 24.6 Å². The van der Waals surface area contributed by atoms with E-state index in [1.165, 1.54) is 5.56 Å². The van der Waals surface area contributed by atoms with Gasteiger partial charge in [-0.1, -0.05) is 48.5 Å². The highest BCUT2D eigenvalue weighted by molar-refractivity contribution is 7.89. The molecule has 3 nitrogen and oxygen atoms in total. The topological polar surface area (TPSA) is 37.4 Å². The molecule has 2 aromatic carbocycles. The van der Waals surface area contributed by atoms with Crippen LogP contribution in [-0.4, -0.2) is 25.3 Å². The monoisotopic (exact) mass is 287 g/mol. The Labute approximate surface area is 119 Å². The maximum absolute atomic E-state index is 12.5. The molecule has 104 valence electrons. The molecule has 0 saturated carbocycles. The normalized spacial score (nSPS) is 23.2. The summed E-state index contributed by atoms with van der Waals surface area (Å²) in [7, 11) is -3.36. The van der Waals surface area contributed by atoms with Crippen molar-refractivity contribution in [1.82, 2.24) is 4.31 Å². The fourth-order valence-corrected chi connectivity index (χ4v) is 4.42. The molecule has 1 fully saturated rings. The van der Waals surface area contributed by atoms with E-state index in [0.29, 0.717) is 11.4 Å². The van der Waals surface area contributed by atoms with E-state index in [0.717, 1.165) is 0 Å². The lowest BCUT2D eigenvalue weighted by atomic mass is 9.86. The fraction of sp³-hybridized carbons (Fsp3) is 0.250. The minimum Gasteiger partial charge on any atom is -0.207 e. The summed E-state index contributed by atoms with van der Waals surface area (Å²) in [6.45, 7) is 2.53. The van der Waals surface area contributed by atoms with Crippen LogP contribution in [0.2, 0.25) is 0 Å². The Morgan fingerprint density at radius 3 is 2.05 bits per heavy atom. The summed E-state index contributed by atoms with van der Waals surface area (Å²) >= 11 is 0. The van der Waals surface area contributed by atoms with Gasteiger partial charge in [0.25, 0.3) is 0 Å². The third-order valence-corrected chi connectivity index (χ3v) is 5.96. The Balaban J connectivity index is 1.82. The van der Waals surface area contributed by atoms with Gasteiger partial charge in [0.1, 0.15) is 0 Å². The quantitative estimate of drug-likeness (QED) is 0.870. The first-order valence-corrected chi connectivity index (χ1v) is 8.16. The van der Waals surface area contributed by atoms with Crippen molar-refractivity contribution in [2.45, 2.75) is 23.8 Å². The molecule has 0 unspecified atom stereocenters. The van der Waals surface area contributed by atoms with E-state index in [1.807, 2.05) is 31.2 Å². The number of hydrogen-bond acceptors (Lipinski definition) is 2. The van der Waals surface area contributed by atoms with Crippen LogP contribution >= 0.6 is 0 Å². The molecule has 4 heteroatoms. The first-order chi connectivity index (χ1) is 9.60. The molecule has 1 saturated heterocycles. The second-order valence-electron chi connectivity index (χ2n) is 5.15. The van der Waals surface area contributed by atoms with E-state index in [-0.39, 0.29) is 12.0 Å². The Morgan fingerprint density at radius 2 is 1.50 bits per heavy atom. The third-order valence-electron chi connectivity index (χ3n) is 3.99. The Hall–Kier alpha value is -1.65. The Kier molecular flexibility index (Phi) is 3.36. The average molecular weight is 287 g/mol. The van der Waals surface area contributed by atoms with E-state index in [4.69, 9.17) is 0 Å². The van der Waals surface area contributed by atoms with Crippen molar-refractivity contribution < 1.29 is 8.42 Å². The van der Waals surface area contributed by atoms with Crippen LogP contribution in [0.4, 0.5) is 0 Å². The van der Waals surface area contributed by atoms with Gasteiger partial charge < -0.3 is 0 Å². The summed E-state index contributed by atoms with van der Waals surface area (Å²) in [5.41, 5.74) is 1.21. The van der Waals surface area contributed by atoms with E-state index in [9.17, 15) is 8.42 Å². The molecule has 3 rings (SSSR count). The Morgan fingerprint density at radius 1 is 0.950 bits per heavy atom. The molecule has 2 aromatic rings. The van der Waals surface area contributed by atoms with Crippen LogP contribution in [0, 0.1) is 0 Å². The summed E-state index contributed by atoms with van der Waals surface area (Å²) < 4.78 is 26.6. The highest BCUT2D eigenvalue weighted by Crippen LogP contribution is 2.37. The van der Waals surface area contributed by atoms with Crippen LogP contribution < -0.4 is 0 Å². The predicted molar refractivity (Wildman–Crippen MR) is 79.0 cm³/mol. The highest BCUT2D eigenvalue weighted by Gasteiger charge is 2.43. The minimum absolute atomic E-state index is 0.00241. The van der Waals surface area contributed by atoms with Gasteiger partial charge in [-0.2, -0.15) is 4.31 Å². The van der Waals surface area contributed by atoms with Crippen LogP contribution in [0.15, 0.2) is 65.6 Å². The molecule has 1 aliphatic rings. The molecular weight excluding hydrogens is 270 g/mol. The minimum atomic E-state index is -3.36. The zero-order valence-electron chi connectivity index (χ0n) is 11.3. The molecule has 1 heterocycles. The van der Waals surface area contributed by atoms with Crippen LogP contribution in [0.1, 0.15) is 18.4 Å². The second kappa shape index (κ2) is 5.04. The van der Waals surface area contributed by atoms with Gasteiger partial charge in [-0.15, -0.1) is 0 Å². The van der Waals surface area contributed by atoms with Gasteiger partial charge in [0.05, 0.1) is 4.90 Å².